The number of anilines is 1. The van der Waals surface area contributed by atoms with Gasteiger partial charge in [-0.25, -0.2) is 0 Å². The third kappa shape index (κ3) is 1.00. The first-order valence-corrected chi connectivity index (χ1v) is 4.42. The summed E-state index contributed by atoms with van der Waals surface area (Å²) >= 11 is 1.63. The molecule has 0 fully saturated rings. The Bertz CT molecular complexity index is 358. The Morgan fingerprint density at radius 2 is 2.42 bits per heavy atom. The van der Waals surface area contributed by atoms with Crippen LogP contribution in [0.4, 0.5) is 5.88 Å². The molecule has 4 heteroatoms. The number of nitrogens with two attached hydrogens (primary N) is 1. The maximum atomic E-state index is 5.61. The molecule has 0 aromatic carbocycles. The standard InChI is InChI=1S/C8H8N2OS/c1-5-7(8(9)11-10-5)6-3-2-4-12-6/h2-4H,9H2,1H3. The third-order valence-corrected chi connectivity index (χ3v) is 2.54. The Hall–Kier alpha value is -1.29. The van der Waals surface area contributed by atoms with Crippen LogP contribution in [-0.2, 0) is 0 Å². The Kier molecular flexibility index (Phi) is 1.62. The summed E-state index contributed by atoms with van der Waals surface area (Å²) in [5.74, 6) is 0.398. The normalized spacial score (nSPS) is 10.4. The summed E-state index contributed by atoms with van der Waals surface area (Å²) < 4.78 is 4.85. The molecule has 0 radical (unpaired) electrons. The molecule has 0 atom stereocenters. The van der Waals surface area contributed by atoms with Crippen LogP contribution >= 0.6 is 11.3 Å². The molecule has 0 unspecified atom stereocenters. The molecule has 2 heterocycles. The maximum Gasteiger partial charge on any atom is 0.231 e. The minimum absolute atomic E-state index is 0.398. The average molecular weight is 180 g/mol. The Labute approximate surface area is 73.8 Å². The van der Waals surface area contributed by atoms with Crippen molar-refractivity contribution in [1.29, 1.82) is 0 Å². The summed E-state index contributed by atoms with van der Waals surface area (Å²) in [7, 11) is 0. The van der Waals surface area contributed by atoms with E-state index < -0.39 is 0 Å². The van der Waals surface area contributed by atoms with Crippen LogP contribution < -0.4 is 5.73 Å². The SMILES string of the molecule is Cc1noc(N)c1-c1cccs1. The topological polar surface area (TPSA) is 52.0 Å². The molecule has 62 valence electrons. The van der Waals surface area contributed by atoms with Crippen molar-refractivity contribution in [3.63, 3.8) is 0 Å². The quantitative estimate of drug-likeness (QED) is 0.732. The fourth-order valence-electron chi connectivity index (χ4n) is 1.11. The van der Waals surface area contributed by atoms with Crippen molar-refractivity contribution in [3.05, 3.63) is 23.2 Å². The molecule has 0 spiro atoms. The monoisotopic (exact) mass is 180 g/mol. The second-order valence-corrected chi connectivity index (χ2v) is 3.43. The summed E-state index contributed by atoms with van der Waals surface area (Å²) in [6, 6.07) is 3.98. The largest absolute Gasteiger partial charge is 0.367 e. The Morgan fingerprint density at radius 1 is 1.58 bits per heavy atom. The number of thiophene rings is 1. The van der Waals surface area contributed by atoms with Crippen molar-refractivity contribution in [2.24, 2.45) is 0 Å². The van der Waals surface area contributed by atoms with E-state index in [2.05, 4.69) is 5.16 Å². The van der Waals surface area contributed by atoms with Gasteiger partial charge < -0.3 is 10.3 Å². The fourth-order valence-corrected chi connectivity index (χ4v) is 1.93. The van der Waals surface area contributed by atoms with Gasteiger partial charge in [0.2, 0.25) is 5.88 Å². The van der Waals surface area contributed by atoms with Gasteiger partial charge in [-0.05, 0) is 18.4 Å². The van der Waals surface area contributed by atoms with Crippen LogP contribution in [0.25, 0.3) is 10.4 Å². The van der Waals surface area contributed by atoms with Crippen LogP contribution in [0.15, 0.2) is 22.0 Å². The highest BCUT2D eigenvalue weighted by Crippen LogP contribution is 2.32. The number of aryl methyl sites for hydroxylation is 1. The van der Waals surface area contributed by atoms with E-state index in [0.29, 0.717) is 5.88 Å². The fraction of sp³-hybridized carbons (Fsp3) is 0.125. The molecule has 2 aromatic heterocycles. The molecular weight excluding hydrogens is 172 g/mol. The summed E-state index contributed by atoms with van der Waals surface area (Å²) in [5.41, 5.74) is 7.37. The molecule has 0 bridgehead atoms. The van der Waals surface area contributed by atoms with Crippen molar-refractivity contribution in [2.45, 2.75) is 6.92 Å². The predicted octanol–water partition coefficient (Wildman–Crippen LogP) is 2.29. The van der Waals surface area contributed by atoms with Gasteiger partial charge in [-0.3, -0.25) is 0 Å². The zero-order valence-electron chi connectivity index (χ0n) is 6.57. The minimum atomic E-state index is 0.398. The first-order valence-electron chi connectivity index (χ1n) is 3.54. The van der Waals surface area contributed by atoms with Crippen molar-refractivity contribution >= 4 is 17.2 Å². The molecule has 2 N–H and O–H groups in total. The Morgan fingerprint density at radius 3 is 2.92 bits per heavy atom. The molecule has 0 saturated heterocycles. The van der Waals surface area contributed by atoms with Gasteiger partial charge in [-0.15, -0.1) is 11.3 Å². The van der Waals surface area contributed by atoms with Gasteiger partial charge >= 0.3 is 0 Å². The molecule has 2 rings (SSSR count). The van der Waals surface area contributed by atoms with Gasteiger partial charge in [-0.2, -0.15) is 0 Å². The molecule has 0 amide bonds. The van der Waals surface area contributed by atoms with Crippen molar-refractivity contribution in [2.75, 3.05) is 5.73 Å². The van der Waals surface area contributed by atoms with Crippen molar-refractivity contribution in [1.82, 2.24) is 5.16 Å². The van der Waals surface area contributed by atoms with E-state index in [-0.39, 0.29) is 0 Å². The van der Waals surface area contributed by atoms with Crippen LogP contribution in [0, 0.1) is 6.92 Å². The van der Waals surface area contributed by atoms with E-state index >= 15 is 0 Å². The summed E-state index contributed by atoms with van der Waals surface area (Å²) in [6.07, 6.45) is 0. The van der Waals surface area contributed by atoms with E-state index in [1.807, 2.05) is 24.4 Å². The first-order chi connectivity index (χ1) is 5.79. The van der Waals surface area contributed by atoms with Crippen molar-refractivity contribution in [3.8, 4) is 10.4 Å². The van der Waals surface area contributed by atoms with E-state index in [1.54, 1.807) is 11.3 Å². The Balaban J connectivity index is 2.60. The lowest BCUT2D eigenvalue weighted by atomic mass is 10.2. The van der Waals surface area contributed by atoms with Crippen LogP contribution in [0.3, 0.4) is 0 Å². The highest BCUT2D eigenvalue weighted by atomic mass is 32.1. The lowest BCUT2D eigenvalue weighted by molar-refractivity contribution is 0.431. The number of nitrogen functional groups attached to an aromatic ring is 1. The zero-order chi connectivity index (χ0) is 8.55. The molecule has 0 aliphatic rings. The smallest absolute Gasteiger partial charge is 0.231 e. The first kappa shape index (κ1) is 7.36. The van der Waals surface area contributed by atoms with Gasteiger partial charge in [-0.1, -0.05) is 11.2 Å². The summed E-state index contributed by atoms with van der Waals surface area (Å²) in [6.45, 7) is 1.88. The van der Waals surface area contributed by atoms with Crippen molar-refractivity contribution < 1.29 is 4.52 Å². The number of rotatable bonds is 1. The van der Waals surface area contributed by atoms with E-state index in [4.69, 9.17) is 10.3 Å². The van der Waals surface area contributed by atoms with E-state index in [0.717, 1.165) is 16.1 Å². The molecule has 12 heavy (non-hydrogen) atoms. The highest BCUT2D eigenvalue weighted by Gasteiger charge is 2.12. The third-order valence-electron chi connectivity index (χ3n) is 1.66. The van der Waals surface area contributed by atoms with E-state index in [9.17, 15) is 0 Å². The zero-order valence-corrected chi connectivity index (χ0v) is 7.39. The predicted molar refractivity (Wildman–Crippen MR) is 49.0 cm³/mol. The molecule has 2 aromatic rings. The second kappa shape index (κ2) is 2.64. The number of nitrogens with zero attached hydrogens (tertiary/aromatic N) is 1. The van der Waals surface area contributed by atoms with Gasteiger partial charge in [0.25, 0.3) is 0 Å². The molecule has 0 aliphatic heterocycles. The number of hydrogen-bond donors (Lipinski definition) is 1. The van der Waals surface area contributed by atoms with E-state index in [1.165, 1.54) is 0 Å². The molecular formula is C8H8N2OS. The van der Waals surface area contributed by atoms with Gasteiger partial charge in [0, 0.05) is 4.88 Å². The number of hydrogen-bond acceptors (Lipinski definition) is 4. The molecule has 3 nitrogen and oxygen atoms in total. The van der Waals surface area contributed by atoms with Gasteiger partial charge in [0.05, 0.1) is 11.3 Å². The van der Waals surface area contributed by atoms with Gasteiger partial charge in [0.1, 0.15) is 0 Å². The lowest BCUT2D eigenvalue weighted by Crippen LogP contribution is -1.83. The second-order valence-electron chi connectivity index (χ2n) is 2.48. The molecule has 0 saturated carbocycles. The summed E-state index contributed by atoms with van der Waals surface area (Å²) in [4.78, 5) is 1.10. The van der Waals surface area contributed by atoms with Gasteiger partial charge in [0.15, 0.2) is 0 Å². The average Bonchev–Trinajstić information content (AvgIpc) is 2.61. The number of aromatic nitrogens is 1. The van der Waals surface area contributed by atoms with Crippen LogP contribution in [-0.4, -0.2) is 5.16 Å². The minimum Gasteiger partial charge on any atom is -0.367 e. The molecule has 0 aliphatic carbocycles. The van der Waals surface area contributed by atoms with Crippen LogP contribution in [0.2, 0.25) is 0 Å². The lowest BCUT2D eigenvalue weighted by Gasteiger charge is -1.91. The highest BCUT2D eigenvalue weighted by molar-refractivity contribution is 7.13. The maximum absolute atomic E-state index is 5.61. The van der Waals surface area contributed by atoms with Crippen LogP contribution in [0.5, 0.6) is 0 Å². The van der Waals surface area contributed by atoms with Crippen LogP contribution in [0.1, 0.15) is 5.69 Å². The summed E-state index contributed by atoms with van der Waals surface area (Å²) in [5, 5.41) is 5.78.